The maximum Gasteiger partial charge on any atom is 0.222 e. The van der Waals surface area contributed by atoms with E-state index in [9.17, 15) is 4.79 Å². The third-order valence-electron chi connectivity index (χ3n) is 6.04. The van der Waals surface area contributed by atoms with Gasteiger partial charge in [-0.2, -0.15) is 0 Å². The van der Waals surface area contributed by atoms with Gasteiger partial charge >= 0.3 is 0 Å². The average molecular weight is 523 g/mol. The lowest BCUT2D eigenvalue weighted by molar-refractivity contribution is -0.127. The Kier molecular flexibility index (Phi) is 7.32. The van der Waals surface area contributed by atoms with Crippen molar-refractivity contribution in [3.8, 4) is 0 Å². The van der Waals surface area contributed by atoms with Gasteiger partial charge in [0.15, 0.2) is 11.8 Å². The second-order valence-electron chi connectivity index (χ2n) is 7.76. The number of para-hydroxylation sites is 1. The zero-order chi connectivity index (χ0) is 20.4. The van der Waals surface area contributed by atoms with Crippen LogP contribution in [0.5, 0.6) is 0 Å². The number of aliphatic imine (C=N–C) groups is 1. The van der Waals surface area contributed by atoms with Gasteiger partial charge in [-0.15, -0.1) is 34.2 Å². The molecule has 0 aliphatic carbocycles. The molecule has 1 unspecified atom stereocenters. The maximum absolute atomic E-state index is 12.0. The summed E-state index contributed by atoms with van der Waals surface area (Å²) in [6.07, 6.45) is 2.66. The highest BCUT2D eigenvalue weighted by Crippen LogP contribution is 2.38. The molecule has 30 heavy (non-hydrogen) atoms. The average Bonchev–Trinajstić information content (AvgIpc) is 3.40. The number of nitrogens with zero attached hydrogens (tertiary/aromatic N) is 6. The Bertz CT molecular complexity index is 926. The number of hydrogen-bond acceptors (Lipinski definition) is 4. The number of benzene rings is 1. The van der Waals surface area contributed by atoms with E-state index in [1.165, 1.54) is 11.3 Å². The summed E-state index contributed by atoms with van der Waals surface area (Å²) >= 11 is 0. The van der Waals surface area contributed by atoms with Crippen LogP contribution in [0.4, 0.5) is 5.69 Å². The van der Waals surface area contributed by atoms with Gasteiger partial charge < -0.3 is 19.7 Å². The van der Waals surface area contributed by atoms with Crippen LogP contribution in [0, 0.1) is 6.92 Å². The van der Waals surface area contributed by atoms with E-state index >= 15 is 0 Å². The van der Waals surface area contributed by atoms with Gasteiger partial charge in [0, 0.05) is 51.8 Å². The van der Waals surface area contributed by atoms with E-state index in [1.807, 2.05) is 30.5 Å². The minimum atomic E-state index is 0. The molecule has 1 atom stereocenters. The van der Waals surface area contributed by atoms with Gasteiger partial charge in [0.25, 0.3) is 0 Å². The summed E-state index contributed by atoms with van der Waals surface area (Å²) in [6.45, 7) is 5.10. The summed E-state index contributed by atoms with van der Waals surface area (Å²) in [5.74, 6) is 3.28. The number of guanidine groups is 1. The fourth-order valence-corrected chi connectivity index (χ4v) is 4.25. The van der Waals surface area contributed by atoms with Crippen LogP contribution in [0.1, 0.15) is 42.4 Å². The van der Waals surface area contributed by atoms with Gasteiger partial charge in [0.2, 0.25) is 5.91 Å². The van der Waals surface area contributed by atoms with Crippen molar-refractivity contribution >= 4 is 41.5 Å². The van der Waals surface area contributed by atoms with Gasteiger partial charge in [0.05, 0.1) is 6.54 Å². The molecule has 3 heterocycles. The van der Waals surface area contributed by atoms with Gasteiger partial charge in [-0.05, 0) is 31.4 Å². The molecule has 162 valence electrons. The molecule has 9 heteroatoms. The summed E-state index contributed by atoms with van der Waals surface area (Å²) < 4.78 is 1.98. The van der Waals surface area contributed by atoms with Crippen molar-refractivity contribution in [2.45, 2.75) is 38.6 Å². The number of carbonyl (C=O) groups is 1. The minimum Gasteiger partial charge on any atom is -0.349 e. The Labute approximate surface area is 194 Å². The number of hydrogen-bond donors (Lipinski definition) is 1. The number of halogens is 1. The largest absolute Gasteiger partial charge is 0.349 e. The Morgan fingerprint density at radius 3 is 2.77 bits per heavy atom. The summed E-state index contributed by atoms with van der Waals surface area (Å²) in [5, 5.41) is 11.8. The Hall–Kier alpha value is -2.17. The standard InChI is InChI=1S/C21H29N7O.HI/c1-15-24-25-19(26(15)3)13-23-21(22-2)28-14-16(17-7-4-5-8-18(17)28)10-12-27-11-6-9-20(27)29;/h4-5,7-8,16H,6,9-14H2,1-3H3,(H,22,23);1H. The number of aromatic nitrogens is 3. The minimum absolute atomic E-state index is 0. The number of nitrogens with one attached hydrogen (secondary N) is 1. The fraction of sp³-hybridized carbons (Fsp3) is 0.524. The molecule has 0 saturated carbocycles. The highest BCUT2D eigenvalue weighted by molar-refractivity contribution is 14.0. The van der Waals surface area contributed by atoms with Gasteiger partial charge in [-0.1, -0.05) is 18.2 Å². The zero-order valence-corrected chi connectivity index (χ0v) is 20.2. The number of anilines is 1. The molecule has 0 spiro atoms. The van der Waals surface area contributed by atoms with Crippen LogP contribution < -0.4 is 10.2 Å². The van der Waals surface area contributed by atoms with Crippen LogP contribution in [-0.2, 0) is 18.4 Å². The molecule has 0 radical (unpaired) electrons. The van der Waals surface area contributed by atoms with Crippen LogP contribution in [0.25, 0.3) is 0 Å². The number of fused-ring (bicyclic) bond motifs is 1. The topological polar surface area (TPSA) is 78.7 Å². The van der Waals surface area contributed by atoms with Crippen molar-refractivity contribution in [3.63, 3.8) is 0 Å². The third-order valence-corrected chi connectivity index (χ3v) is 6.04. The molecular formula is C21H30IN7O. The first-order valence-electron chi connectivity index (χ1n) is 10.3. The first-order chi connectivity index (χ1) is 14.1. The van der Waals surface area contributed by atoms with Crippen molar-refractivity contribution in [3.05, 3.63) is 41.5 Å². The Morgan fingerprint density at radius 2 is 2.10 bits per heavy atom. The normalized spacial score (nSPS) is 18.6. The third kappa shape index (κ3) is 4.45. The number of amides is 1. The molecular weight excluding hydrogens is 493 g/mol. The summed E-state index contributed by atoms with van der Waals surface area (Å²) in [6, 6.07) is 8.51. The van der Waals surface area contributed by atoms with E-state index in [4.69, 9.17) is 0 Å². The van der Waals surface area contributed by atoms with Crippen LogP contribution in [0.2, 0.25) is 0 Å². The van der Waals surface area contributed by atoms with Gasteiger partial charge in [-0.25, -0.2) is 0 Å². The number of carbonyl (C=O) groups excluding carboxylic acids is 1. The number of likely N-dealkylation sites (tertiary alicyclic amines) is 1. The Balaban J connectivity index is 0.00000256. The predicted octanol–water partition coefficient (Wildman–Crippen LogP) is 2.43. The van der Waals surface area contributed by atoms with Crippen LogP contribution >= 0.6 is 24.0 Å². The molecule has 2 aromatic rings. The fourth-order valence-electron chi connectivity index (χ4n) is 4.25. The molecule has 1 fully saturated rings. The zero-order valence-electron chi connectivity index (χ0n) is 17.8. The first kappa shape index (κ1) is 22.5. The monoisotopic (exact) mass is 523 g/mol. The van der Waals surface area contributed by atoms with Crippen molar-refractivity contribution < 1.29 is 4.79 Å². The molecule has 8 nitrogen and oxygen atoms in total. The highest BCUT2D eigenvalue weighted by atomic mass is 127. The van der Waals surface area contributed by atoms with E-state index in [0.29, 0.717) is 24.8 Å². The molecule has 1 N–H and O–H groups in total. The summed E-state index contributed by atoms with van der Waals surface area (Å²) in [5.41, 5.74) is 2.52. The quantitative estimate of drug-likeness (QED) is 0.370. The molecule has 2 aliphatic heterocycles. The maximum atomic E-state index is 12.0. The van der Waals surface area contributed by atoms with Gasteiger partial charge in [0.1, 0.15) is 5.82 Å². The van der Waals surface area contributed by atoms with Gasteiger partial charge in [-0.3, -0.25) is 9.79 Å². The molecule has 1 amide bonds. The van der Waals surface area contributed by atoms with E-state index in [2.05, 4.69) is 49.7 Å². The van der Waals surface area contributed by atoms with Crippen LogP contribution in [0.3, 0.4) is 0 Å². The van der Waals surface area contributed by atoms with Crippen molar-refractivity contribution in [1.82, 2.24) is 25.0 Å². The van der Waals surface area contributed by atoms with Crippen molar-refractivity contribution in [2.24, 2.45) is 12.0 Å². The summed E-state index contributed by atoms with van der Waals surface area (Å²) in [4.78, 5) is 20.7. The van der Waals surface area contributed by atoms with Crippen LogP contribution in [-0.4, -0.2) is 58.2 Å². The van der Waals surface area contributed by atoms with E-state index < -0.39 is 0 Å². The lowest BCUT2D eigenvalue weighted by atomic mass is 9.98. The number of rotatable bonds is 5. The Morgan fingerprint density at radius 1 is 1.30 bits per heavy atom. The van der Waals surface area contributed by atoms with E-state index in [-0.39, 0.29) is 24.0 Å². The molecule has 0 bridgehead atoms. The summed E-state index contributed by atoms with van der Waals surface area (Å²) in [7, 11) is 3.78. The molecule has 2 aliphatic rings. The molecule has 1 aromatic carbocycles. The molecule has 1 aromatic heterocycles. The smallest absolute Gasteiger partial charge is 0.222 e. The van der Waals surface area contributed by atoms with E-state index in [0.717, 1.165) is 50.1 Å². The lowest BCUT2D eigenvalue weighted by Crippen LogP contribution is -2.41. The van der Waals surface area contributed by atoms with E-state index in [1.54, 1.807) is 0 Å². The lowest BCUT2D eigenvalue weighted by Gasteiger charge is -2.23. The highest BCUT2D eigenvalue weighted by Gasteiger charge is 2.32. The molecule has 4 rings (SSSR count). The van der Waals surface area contributed by atoms with Crippen LogP contribution in [0.15, 0.2) is 29.3 Å². The second-order valence-corrected chi connectivity index (χ2v) is 7.76. The van der Waals surface area contributed by atoms with Crippen molar-refractivity contribution in [1.29, 1.82) is 0 Å². The molecule has 1 saturated heterocycles. The predicted molar refractivity (Wildman–Crippen MR) is 128 cm³/mol. The second kappa shape index (κ2) is 9.76. The van der Waals surface area contributed by atoms with Crippen molar-refractivity contribution in [2.75, 3.05) is 31.6 Å². The first-order valence-corrected chi connectivity index (χ1v) is 10.3. The SMILES string of the molecule is CN=C(NCc1nnc(C)n1C)N1CC(CCN2CCCC2=O)c2ccccc21.I. The number of aryl methyl sites for hydroxylation is 1.